The summed E-state index contributed by atoms with van der Waals surface area (Å²) < 4.78 is 10.9. The summed E-state index contributed by atoms with van der Waals surface area (Å²) in [7, 11) is 3.44. The van der Waals surface area contributed by atoms with E-state index in [4.69, 9.17) is 9.47 Å². The fourth-order valence-corrected chi connectivity index (χ4v) is 3.27. The molecule has 2 nitrogen and oxygen atoms in total. The molecule has 1 aromatic rings. The van der Waals surface area contributed by atoms with Gasteiger partial charge in [0.25, 0.3) is 0 Å². The van der Waals surface area contributed by atoms with Gasteiger partial charge in [0, 0.05) is 6.07 Å². The minimum Gasteiger partial charge on any atom is -0.497 e. The van der Waals surface area contributed by atoms with E-state index in [9.17, 15) is 0 Å². The van der Waals surface area contributed by atoms with Crippen molar-refractivity contribution in [2.24, 2.45) is 5.92 Å². The summed E-state index contributed by atoms with van der Waals surface area (Å²) >= 11 is 0. The van der Waals surface area contributed by atoms with Crippen molar-refractivity contribution in [3.63, 3.8) is 0 Å². The minimum atomic E-state index is 0.131. The summed E-state index contributed by atoms with van der Waals surface area (Å²) in [6.45, 7) is 9.29. The highest BCUT2D eigenvalue weighted by Gasteiger charge is 2.31. The van der Waals surface area contributed by atoms with Crippen LogP contribution in [0.5, 0.6) is 11.5 Å². The maximum Gasteiger partial charge on any atom is 0.122 e. The molecule has 0 N–H and O–H groups in total. The standard InChI is InChI=1S/C20H34O2/c1-7-9-10-12-16(11-8-2)20(3,4)17-13-18(21-5)15-19(14-17)22-6/h13-16H,7-12H2,1-6H3. The molecule has 0 bridgehead atoms. The predicted molar refractivity (Wildman–Crippen MR) is 95.1 cm³/mol. The third-order valence-corrected chi connectivity index (χ3v) is 4.91. The molecule has 126 valence electrons. The summed E-state index contributed by atoms with van der Waals surface area (Å²) in [6.07, 6.45) is 7.75. The first-order chi connectivity index (χ1) is 10.5. The van der Waals surface area contributed by atoms with Crippen molar-refractivity contribution in [2.45, 2.75) is 71.6 Å². The van der Waals surface area contributed by atoms with Crippen molar-refractivity contribution in [3.05, 3.63) is 23.8 Å². The van der Waals surface area contributed by atoms with E-state index in [0.717, 1.165) is 11.5 Å². The van der Waals surface area contributed by atoms with Gasteiger partial charge < -0.3 is 9.47 Å². The number of hydrogen-bond donors (Lipinski definition) is 0. The number of methoxy groups -OCH3 is 2. The Balaban J connectivity index is 3.05. The van der Waals surface area contributed by atoms with Gasteiger partial charge >= 0.3 is 0 Å². The van der Waals surface area contributed by atoms with Gasteiger partial charge in [0.2, 0.25) is 0 Å². The Hall–Kier alpha value is -1.18. The van der Waals surface area contributed by atoms with Gasteiger partial charge in [0.05, 0.1) is 14.2 Å². The first-order valence-corrected chi connectivity index (χ1v) is 8.73. The molecule has 0 aliphatic carbocycles. The molecule has 0 radical (unpaired) electrons. The third kappa shape index (κ3) is 4.93. The van der Waals surface area contributed by atoms with E-state index in [1.165, 1.54) is 44.1 Å². The van der Waals surface area contributed by atoms with Crippen LogP contribution in [0.25, 0.3) is 0 Å². The Morgan fingerprint density at radius 1 is 0.864 bits per heavy atom. The predicted octanol–water partition coefficient (Wildman–Crippen LogP) is 5.98. The van der Waals surface area contributed by atoms with E-state index >= 15 is 0 Å². The van der Waals surface area contributed by atoms with Crippen LogP contribution in [0.2, 0.25) is 0 Å². The number of unbranched alkanes of at least 4 members (excludes halogenated alkanes) is 2. The second-order valence-electron chi connectivity index (χ2n) is 6.80. The Morgan fingerprint density at radius 3 is 1.91 bits per heavy atom. The average Bonchev–Trinajstić information content (AvgIpc) is 2.53. The van der Waals surface area contributed by atoms with Gasteiger partial charge in [-0.15, -0.1) is 0 Å². The molecular weight excluding hydrogens is 272 g/mol. The van der Waals surface area contributed by atoms with Crippen LogP contribution >= 0.6 is 0 Å². The van der Waals surface area contributed by atoms with E-state index in [1.54, 1.807) is 14.2 Å². The lowest BCUT2D eigenvalue weighted by atomic mass is 9.69. The highest BCUT2D eigenvalue weighted by atomic mass is 16.5. The Kier molecular flexibility index (Phi) is 7.78. The Bertz CT molecular complexity index is 415. The molecule has 1 rings (SSSR count). The van der Waals surface area contributed by atoms with Gasteiger partial charge in [0.15, 0.2) is 0 Å². The maximum atomic E-state index is 5.45. The number of rotatable bonds is 10. The Morgan fingerprint density at radius 2 is 1.45 bits per heavy atom. The second kappa shape index (κ2) is 9.07. The summed E-state index contributed by atoms with van der Waals surface area (Å²) in [5.74, 6) is 2.46. The number of ether oxygens (including phenoxy) is 2. The molecule has 0 saturated heterocycles. The maximum absolute atomic E-state index is 5.45. The van der Waals surface area contributed by atoms with Crippen molar-refractivity contribution in [2.75, 3.05) is 14.2 Å². The first kappa shape index (κ1) is 18.9. The summed E-state index contributed by atoms with van der Waals surface area (Å²) in [4.78, 5) is 0. The van der Waals surface area contributed by atoms with Crippen LogP contribution in [0.15, 0.2) is 18.2 Å². The molecule has 0 aliphatic rings. The zero-order chi connectivity index (χ0) is 16.6. The molecule has 0 spiro atoms. The fraction of sp³-hybridized carbons (Fsp3) is 0.700. The van der Waals surface area contributed by atoms with Crippen molar-refractivity contribution >= 4 is 0 Å². The molecular formula is C20H34O2. The molecule has 0 fully saturated rings. The molecule has 0 aromatic heterocycles. The quantitative estimate of drug-likeness (QED) is 0.495. The van der Waals surface area contributed by atoms with E-state index in [2.05, 4.69) is 39.8 Å². The van der Waals surface area contributed by atoms with Crippen LogP contribution in [-0.4, -0.2) is 14.2 Å². The van der Waals surface area contributed by atoms with E-state index in [0.29, 0.717) is 5.92 Å². The van der Waals surface area contributed by atoms with Gasteiger partial charge in [-0.05, 0) is 41.9 Å². The topological polar surface area (TPSA) is 18.5 Å². The van der Waals surface area contributed by atoms with Crippen molar-refractivity contribution in [1.29, 1.82) is 0 Å². The van der Waals surface area contributed by atoms with Crippen LogP contribution in [-0.2, 0) is 5.41 Å². The summed E-state index contributed by atoms with van der Waals surface area (Å²) in [5, 5.41) is 0. The van der Waals surface area contributed by atoms with Gasteiger partial charge in [-0.25, -0.2) is 0 Å². The van der Waals surface area contributed by atoms with E-state index in [-0.39, 0.29) is 5.41 Å². The smallest absolute Gasteiger partial charge is 0.122 e. The minimum absolute atomic E-state index is 0.131. The largest absolute Gasteiger partial charge is 0.497 e. The van der Waals surface area contributed by atoms with E-state index in [1.807, 2.05) is 6.07 Å². The van der Waals surface area contributed by atoms with Crippen LogP contribution in [0.1, 0.15) is 71.8 Å². The molecule has 0 amide bonds. The molecule has 2 heteroatoms. The zero-order valence-electron chi connectivity index (χ0n) is 15.4. The van der Waals surface area contributed by atoms with E-state index < -0.39 is 0 Å². The summed E-state index contributed by atoms with van der Waals surface area (Å²) in [6, 6.07) is 6.29. The van der Waals surface area contributed by atoms with Gasteiger partial charge in [-0.2, -0.15) is 0 Å². The lowest BCUT2D eigenvalue weighted by Gasteiger charge is -2.35. The lowest BCUT2D eigenvalue weighted by Crippen LogP contribution is -2.29. The highest BCUT2D eigenvalue weighted by molar-refractivity contribution is 5.41. The van der Waals surface area contributed by atoms with Gasteiger partial charge in [-0.1, -0.05) is 53.4 Å². The second-order valence-corrected chi connectivity index (χ2v) is 6.80. The van der Waals surface area contributed by atoms with Crippen LogP contribution in [0, 0.1) is 5.92 Å². The van der Waals surface area contributed by atoms with Gasteiger partial charge in [-0.3, -0.25) is 0 Å². The van der Waals surface area contributed by atoms with Crippen molar-refractivity contribution < 1.29 is 9.47 Å². The highest BCUT2D eigenvalue weighted by Crippen LogP contribution is 2.40. The Labute approximate surface area is 137 Å². The molecule has 1 aromatic carbocycles. The van der Waals surface area contributed by atoms with Crippen LogP contribution in [0.4, 0.5) is 0 Å². The third-order valence-electron chi connectivity index (χ3n) is 4.91. The number of benzene rings is 1. The summed E-state index contributed by atoms with van der Waals surface area (Å²) in [5.41, 5.74) is 1.45. The zero-order valence-corrected chi connectivity index (χ0v) is 15.4. The average molecular weight is 306 g/mol. The normalized spacial score (nSPS) is 13.0. The molecule has 1 atom stereocenters. The van der Waals surface area contributed by atoms with Crippen LogP contribution in [0.3, 0.4) is 0 Å². The SMILES string of the molecule is CCCCCC(CCC)C(C)(C)c1cc(OC)cc(OC)c1. The number of hydrogen-bond acceptors (Lipinski definition) is 2. The molecule has 0 saturated carbocycles. The fourth-order valence-electron chi connectivity index (χ4n) is 3.27. The molecule has 0 aliphatic heterocycles. The monoisotopic (exact) mass is 306 g/mol. The molecule has 22 heavy (non-hydrogen) atoms. The molecule has 0 heterocycles. The molecule has 1 unspecified atom stereocenters. The van der Waals surface area contributed by atoms with Gasteiger partial charge in [0.1, 0.15) is 11.5 Å². The van der Waals surface area contributed by atoms with Crippen molar-refractivity contribution in [1.82, 2.24) is 0 Å². The first-order valence-electron chi connectivity index (χ1n) is 8.73. The van der Waals surface area contributed by atoms with Crippen molar-refractivity contribution in [3.8, 4) is 11.5 Å². The lowest BCUT2D eigenvalue weighted by molar-refractivity contribution is 0.268. The van der Waals surface area contributed by atoms with Crippen LogP contribution < -0.4 is 9.47 Å².